The van der Waals surface area contributed by atoms with E-state index < -0.39 is 46.2 Å². The third-order valence-electron chi connectivity index (χ3n) is 5.51. The predicted octanol–water partition coefficient (Wildman–Crippen LogP) is 2.37. The summed E-state index contributed by atoms with van der Waals surface area (Å²) in [5.41, 5.74) is -6.84. The number of aromatic nitrogens is 2. The lowest BCUT2D eigenvalue weighted by Gasteiger charge is -2.30. The number of nitrogens with zero attached hydrogens (tertiary/aromatic N) is 1. The summed E-state index contributed by atoms with van der Waals surface area (Å²) in [6.45, 7) is 3.51. The number of amides is 2. The number of nitrogens with one attached hydrogen (secondary N) is 3. The quantitative estimate of drug-likeness (QED) is 0.509. The van der Waals surface area contributed by atoms with E-state index in [0.29, 0.717) is 0 Å². The maximum atomic E-state index is 14.6. The van der Waals surface area contributed by atoms with Crippen molar-refractivity contribution in [2.24, 2.45) is 0 Å². The van der Waals surface area contributed by atoms with Gasteiger partial charge in [0.15, 0.2) is 0 Å². The van der Waals surface area contributed by atoms with Gasteiger partial charge in [-0.05, 0) is 38.1 Å². The van der Waals surface area contributed by atoms with E-state index in [0.717, 1.165) is 10.1 Å². The van der Waals surface area contributed by atoms with Crippen molar-refractivity contribution in [1.29, 1.82) is 0 Å². The van der Waals surface area contributed by atoms with Crippen LogP contribution < -0.4 is 26.6 Å². The number of aryl methyl sites for hydroxylation is 1. The first-order valence-corrected chi connectivity index (χ1v) is 10.4. The molecular weight excluding hydrogens is 469 g/mol. The molecule has 3 aromatic rings. The summed E-state index contributed by atoms with van der Waals surface area (Å²) < 4.78 is 49.8. The number of halogens is 3. The molecule has 1 atom stereocenters. The summed E-state index contributed by atoms with van der Waals surface area (Å²) in [5, 5.41) is 3.70. The van der Waals surface area contributed by atoms with Crippen LogP contribution in [0.3, 0.4) is 0 Å². The van der Waals surface area contributed by atoms with Gasteiger partial charge in [-0.25, -0.2) is 9.36 Å². The Labute approximate surface area is 195 Å². The number of anilines is 1. The Bertz CT molecular complexity index is 1440. The fourth-order valence-corrected chi connectivity index (χ4v) is 3.89. The maximum Gasteiger partial charge on any atom is 0.425 e. The Morgan fingerprint density at radius 2 is 1.74 bits per heavy atom. The van der Waals surface area contributed by atoms with E-state index in [-0.39, 0.29) is 23.6 Å². The van der Waals surface area contributed by atoms with Gasteiger partial charge in [0.25, 0.3) is 22.9 Å². The molecular formula is C23H19F3N4O5. The molecule has 3 N–H and O–H groups in total. The molecule has 0 aliphatic carbocycles. The molecule has 1 aromatic heterocycles. The molecule has 12 heteroatoms. The third kappa shape index (κ3) is 3.76. The molecule has 0 saturated carbocycles. The van der Waals surface area contributed by atoms with Crippen molar-refractivity contribution in [3.8, 4) is 11.4 Å². The molecule has 182 valence electrons. The van der Waals surface area contributed by atoms with Crippen molar-refractivity contribution < 1.29 is 27.5 Å². The molecule has 0 bridgehead atoms. The molecule has 4 rings (SSSR count). The van der Waals surface area contributed by atoms with Crippen molar-refractivity contribution >= 4 is 17.6 Å². The number of H-pyrrole nitrogens is 1. The monoisotopic (exact) mass is 488 g/mol. The highest BCUT2D eigenvalue weighted by molar-refractivity contribution is 6.10. The number of carbonyl (C=O) groups is 2. The predicted molar refractivity (Wildman–Crippen MR) is 119 cm³/mol. The van der Waals surface area contributed by atoms with E-state index in [2.05, 4.69) is 0 Å². The van der Waals surface area contributed by atoms with Gasteiger partial charge in [0, 0.05) is 0 Å². The number of alkyl halides is 3. The number of ether oxygens (including phenoxy) is 1. The summed E-state index contributed by atoms with van der Waals surface area (Å²) in [4.78, 5) is 53.1. The molecule has 0 saturated heterocycles. The molecule has 0 spiro atoms. The Kier molecular flexibility index (Phi) is 5.75. The van der Waals surface area contributed by atoms with E-state index in [4.69, 9.17) is 4.74 Å². The summed E-state index contributed by atoms with van der Waals surface area (Å²) in [7, 11) is 0. The second-order valence-electron chi connectivity index (χ2n) is 7.74. The molecule has 35 heavy (non-hydrogen) atoms. The van der Waals surface area contributed by atoms with Gasteiger partial charge in [-0.1, -0.05) is 29.8 Å². The molecule has 0 radical (unpaired) electrons. The topological polar surface area (TPSA) is 122 Å². The van der Waals surface area contributed by atoms with Crippen LogP contribution in [-0.2, 0) is 10.3 Å². The molecule has 2 heterocycles. The van der Waals surface area contributed by atoms with E-state index in [1.165, 1.54) is 36.4 Å². The van der Waals surface area contributed by atoms with Gasteiger partial charge < -0.3 is 15.4 Å². The SMILES string of the molecule is CCOc1ccccc1C(=O)NC1(C(F)(F)F)C(=O)Nc2c1c(=O)[nH]c(=O)n2-c1ccc(C)cc1. The number of fused-ring (bicyclic) bond motifs is 1. The number of rotatable bonds is 5. The summed E-state index contributed by atoms with van der Waals surface area (Å²) in [5.74, 6) is -3.74. The van der Waals surface area contributed by atoms with Gasteiger partial charge in [-0.2, -0.15) is 13.2 Å². The van der Waals surface area contributed by atoms with E-state index in [1.54, 1.807) is 31.3 Å². The Balaban J connectivity index is 1.95. The number of carbonyl (C=O) groups excluding carboxylic acids is 2. The van der Waals surface area contributed by atoms with Crippen LogP contribution in [0, 0.1) is 6.92 Å². The number of para-hydroxylation sites is 1. The molecule has 2 aromatic carbocycles. The van der Waals surface area contributed by atoms with Gasteiger partial charge in [0.1, 0.15) is 17.1 Å². The minimum Gasteiger partial charge on any atom is -0.493 e. The van der Waals surface area contributed by atoms with Gasteiger partial charge >= 0.3 is 11.9 Å². The molecule has 1 aliphatic rings. The summed E-state index contributed by atoms with van der Waals surface area (Å²) in [6.07, 6.45) is -5.46. The van der Waals surface area contributed by atoms with Crippen LogP contribution in [0.15, 0.2) is 58.1 Å². The third-order valence-corrected chi connectivity index (χ3v) is 5.51. The number of hydrogen-bond acceptors (Lipinski definition) is 5. The minimum atomic E-state index is -5.46. The smallest absolute Gasteiger partial charge is 0.425 e. The van der Waals surface area contributed by atoms with Gasteiger partial charge in [0.2, 0.25) is 0 Å². The summed E-state index contributed by atoms with van der Waals surface area (Å²) >= 11 is 0. The van der Waals surface area contributed by atoms with Crippen LogP contribution in [0.25, 0.3) is 5.69 Å². The van der Waals surface area contributed by atoms with Crippen molar-refractivity contribution in [3.63, 3.8) is 0 Å². The zero-order valence-corrected chi connectivity index (χ0v) is 18.4. The molecule has 9 nitrogen and oxygen atoms in total. The second kappa shape index (κ2) is 8.46. The van der Waals surface area contributed by atoms with Crippen molar-refractivity contribution in [3.05, 3.63) is 86.1 Å². The van der Waals surface area contributed by atoms with Gasteiger partial charge in [0.05, 0.1) is 17.9 Å². The van der Waals surface area contributed by atoms with Crippen LogP contribution in [0.5, 0.6) is 5.75 Å². The zero-order chi connectivity index (χ0) is 25.5. The Morgan fingerprint density at radius 1 is 1.09 bits per heavy atom. The maximum absolute atomic E-state index is 14.6. The normalized spacial score (nSPS) is 17.0. The highest BCUT2D eigenvalue weighted by atomic mass is 19.4. The van der Waals surface area contributed by atoms with Gasteiger partial charge in [-0.15, -0.1) is 0 Å². The number of benzene rings is 2. The second-order valence-corrected chi connectivity index (χ2v) is 7.74. The van der Waals surface area contributed by atoms with E-state index in [9.17, 15) is 32.3 Å². The fourth-order valence-electron chi connectivity index (χ4n) is 3.89. The Morgan fingerprint density at radius 3 is 2.37 bits per heavy atom. The van der Waals surface area contributed by atoms with Crippen molar-refractivity contribution in [2.75, 3.05) is 11.9 Å². The largest absolute Gasteiger partial charge is 0.493 e. The first-order chi connectivity index (χ1) is 16.5. The summed E-state index contributed by atoms with van der Waals surface area (Å²) in [6, 6.07) is 11.6. The Hall–Kier alpha value is -4.35. The molecule has 1 unspecified atom stereocenters. The lowest BCUT2D eigenvalue weighted by Crippen LogP contribution is -2.62. The lowest BCUT2D eigenvalue weighted by molar-refractivity contribution is -0.196. The number of hydrogen-bond donors (Lipinski definition) is 3. The van der Waals surface area contributed by atoms with Crippen LogP contribution in [0.2, 0.25) is 0 Å². The first kappa shape index (κ1) is 23.8. The van der Waals surface area contributed by atoms with Gasteiger partial charge in [-0.3, -0.25) is 19.4 Å². The minimum absolute atomic E-state index is 0.0120. The molecule has 0 fully saturated rings. The highest BCUT2D eigenvalue weighted by Crippen LogP contribution is 2.45. The average Bonchev–Trinajstić information content (AvgIpc) is 3.08. The van der Waals surface area contributed by atoms with E-state index in [1.807, 2.05) is 10.3 Å². The van der Waals surface area contributed by atoms with E-state index >= 15 is 0 Å². The number of aromatic amines is 1. The lowest BCUT2D eigenvalue weighted by atomic mass is 9.91. The van der Waals surface area contributed by atoms with Crippen LogP contribution >= 0.6 is 0 Å². The highest BCUT2D eigenvalue weighted by Gasteiger charge is 2.68. The van der Waals surface area contributed by atoms with Crippen molar-refractivity contribution in [1.82, 2.24) is 14.9 Å². The molecule has 1 aliphatic heterocycles. The van der Waals surface area contributed by atoms with Crippen LogP contribution in [0.4, 0.5) is 19.0 Å². The average molecular weight is 488 g/mol. The standard InChI is InChI=1S/C23H19F3N4O5/c1-3-35-15-7-5-4-6-14(15)18(31)29-22(23(24,25)26)16-17(27-20(22)33)30(21(34)28-19(16)32)13-10-8-12(2)9-11-13/h4-11H,3H2,1-2H3,(H,27,33)(H,29,31)(H,28,32,34). The molecule has 2 amide bonds. The first-order valence-electron chi connectivity index (χ1n) is 10.4. The van der Waals surface area contributed by atoms with Crippen molar-refractivity contribution in [2.45, 2.75) is 25.6 Å². The van der Waals surface area contributed by atoms with Crippen LogP contribution in [-0.4, -0.2) is 34.1 Å². The van der Waals surface area contributed by atoms with Crippen LogP contribution in [0.1, 0.15) is 28.4 Å². The fraction of sp³-hybridized carbons (Fsp3) is 0.217. The zero-order valence-electron chi connectivity index (χ0n) is 18.4.